The van der Waals surface area contributed by atoms with Crippen LogP contribution in [-0.2, 0) is 11.3 Å². The fraction of sp³-hybridized carbons (Fsp3) is 0.562. The lowest BCUT2D eigenvalue weighted by Gasteiger charge is -2.31. The normalized spacial score (nSPS) is 19.6. The van der Waals surface area contributed by atoms with Crippen LogP contribution < -0.4 is 5.32 Å². The highest BCUT2D eigenvalue weighted by molar-refractivity contribution is 5.72. The molecule has 0 saturated carbocycles. The number of carbonyl (C=O) groups excluding carboxylic acids is 1. The lowest BCUT2D eigenvalue weighted by atomic mass is 10.1. The monoisotopic (exact) mass is 275 g/mol. The summed E-state index contributed by atoms with van der Waals surface area (Å²) < 4.78 is 0. The average Bonchev–Trinajstić information content (AvgIpc) is 2.39. The van der Waals surface area contributed by atoms with E-state index < -0.39 is 0 Å². The molecule has 1 unspecified atom stereocenters. The highest BCUT2D eigenvalue weighted by Gasteiger charge is 2.16. The fourth-order valence-electron chi connectivity index (χ4n) is 2.66. The third-order valence-electron chi connectivity index (χ3n) is 3.88. The number of piperidine rings is 1. The van der Waals surface area contributed by atoms with Gasteiger partial charge in [0.25, 0.3) is 0 Å². The van der Waals surface area contributed by atoms with Crippen LogP contribution in [0.2, 0.25) is 0 Å². The molecule has 0 radical (unpaired) electrons. The maximum Gasteiger partial charge on any atom is 0.219 e. The maximum atomic E-state index is 11.3. The van der Waals surface area contributed by atoms with Crippen LogP contribution in [0.25, 0.3) is 0 Å². The van der Waals surface area contributed by atoms with Crippen LogP contribution in [0.3, 0.4) is 0 Å². The molecule has 1 fully saturated rings. The zero-order valence-corrected chi connectivity index (χ0v) is 12.7. The summed E-state index contributed by atoms with van der Waals surface area (Å²) in [7, 11) is 4.00. The van der Waals surface area contributed by atoms with Crippen LogP contribution in [0.1, 0.15) is 25.3 Å². The van der Waals surface area contributed by atoms with E-state index in [9.17, 15) is 4.79 Å². The number of benzene rings is 1. The molecular weight excluding hydrogens is 250 g/mol. The second kappa shape index (κ2) is 6.75. The van der Waals surface area contributed by atoms with Crippen LogP contribution >= 0.6 is 0 Å². The number of likely N-dealkylation sites (N-methyl/N-ethyl adjacent to an activating group) is 1. The molecule has 0 bridgehead atoms. The topological polar surface area (TPSA) is 35.6 Å². The van der Waals surface area contributed by atoms with Crippen molar-refractivity contribution in [1.29, 1.82) is 0 Å². The van der Waals surface area contributed by atoms with Crippen LogP contribution in [0.4, 0.5) is 5.69 Å². The van der Waals surface area contributed by atoms with Gasteiger partial charge >= 0.3 is 0 Å². The van der Waals surface area contributed by atoms with Crippen molar-refractivity contribution >= 4 is 11.6 Å². The fourth-order valence-corrected chi connectivity index (χ4v) is 2.66. The third kappa shape index (κ3) is 4.23. The molecule has 1 N–H and O–H groups in total. The summed E-state index contributed by atoms with van der Waals surface area (Å²) in [5.41, 5.74) is 2.32. The van der Waals surface area contributed by atoms with Crippen LogP contribution in [0.5, 0.6) is 0 Å². The molecule has 1 aliphatic heterocycles. The van der Waals surface area contributed by atoms with Gasteiger partial charge in [0.15, 0.2) is 0 Å². The van der Waals surface area contributed by atoms with E-state index in [0.29, 0.717) is 12.6 Å². The van der Waals surface area contributed by atoms with E-state index in [1.165, 1.54) is 19.4 Å². The first-order valence-electron chi connectivity index (χ1n) is 7.30. The van der Waals surface area contributed by atoms with Crippen molar-refractivity contribution in [3.63, 3.8) is 0 Å². The zero-order chi connectivity index (χ0) is 14.5. The van der Waals surface area contributed by atoms with E-state index in [1.54, 1.807) is 11.8 Å². The summed E-state index contributed by atoms with van der Waals surface area (Å²) in [5.74, 6) is 0.0947. The summed E-state index contributed by atoms with van der Waals surface area (Å²) >= 11 is 0. The Bertz CT molecular complexity index is 461. The maximum absolute atomic E-state index is 11.3. The number of hydrogen-bond acceptors (Lipinski definition) is 3. The van der Waals surface area contributed by atoms with Crippen molar-refractivity contribution in [2.75, 3.05) is 32.5 Å². The largest absolute Gasteiger partial charge is 0.381 e. The minimum absolute atomic E-state index is 0.0947. The van der Waals surface area contributed by atoms with Gasteiger partial charge in [-0.1, -0.05) is 12.1 Å². The second-order valence-electron chi connectivity index (χ2n) is 5.82. The Balaban J connectivity index is 1.97. The molecule has 20 heavy (non-hydrogen) atoms. The first-order valence-corrected chi connectivity index (χ1v) is 7.30. The molecular formula is C16H25N3O. The van der Waals surface area contributed by atoms with Crippen LogP contribution in [0, 0.1) is 0 Å². The van der Waals surface area contributed by atoms with Gasteiger partial charge in [-0.05, 0) is 44.1 Å². The number of anilines is 1. The molecule has 1 saturated heterocycles. The van der Waals surface area contributed by atoms with Gasteiger partial charge in [-0.25, -0.2) is 0 Å². The van der Waals surface area contributed by atoms with Crippen LogP contribution in [-0.4, -0.2) is 48.9 Å². The number of rotatable bonds is 4. The van der Waals surface area contributed by atoms with Crippen molar-refractivity contribution in [3.05, 3.63) is 29.8 Å². The molecule has 1 heterocycles. The first-order chi connectivity index (χ1) is 9.54. The molecule has 1 aliphatic rings. The minimum atomic E-state index is 0.0947. The first kappa shape index (κ1) is 14.9. The van der Waals surface area contributed by atoms with Gasteiger partial charge < -0.3 is 15.1 Å². The molecule has 1 aromatic carbocycles. The smallest absolute Gasteiger partial charge is 0.219 e. The minimum Gasteiger partial charge on any atom is -0.381 e. The summed E-state index contributed by atoms with van der Waals surface area (Å²) in [5, 5.41) is 3.61. The van der Waals surface area contributed by atoms with Crippen LogP contribution in [0.15, 0.2) is 24.3 Å². The predicted octanol–water partition coefficient (Wildman–Crippen LogP) is 2.17. The number of likely N-dealkylation sites (tertiary alicyclic amines) is 1. The van der Waals surface area contributed by atoms with E-state index in [-0.39, 0.29) is 5.91 Å². The molecule has 0 spiro atoms. The zero-order valence-electron chi connectivity index (χ0n) is 12.7. The molecule has 2 rings (SSSR count). The Morgan fingerprint density at radius 3 is 3.00 bits per heavy atom. The third-order valence-corrected chi connectivity index (χ3v) is 3.88. The molecule has 1 atom stereocenters. The Labute approximate surface area is 121 Å². The Hall–Kier alpha value is -1.55. The molecule has 110 valence electrons. The summed E-state index contributed by atoms with van der Waals surface area (Å²) in [6.45, 7) is 4.55. The molecule has 1 aromatic rings. The Morgan fingerprint density at radius 2 is 2.30 bits per heavy atom. The van der Waals surface area contributed by atoms with Gasteiger partial charge in [0.05, 0.1) is 0 Å². The van der Waals surface area contributed by atoms with E-state index in [1.807, 2.05) is 7.05 Å². The van der Waals surface area contributed by atoms with Crippen molar-refractivity contribution in [2.24, 2.45) is 0 Å². The summed E-state index contributed by atoms with van der Waals surface area (Å²) in [6, 6.07) is 8.89. The summed E-state index contributed by atoms with van der Waals surface area (Å²) in [4.78, 5) is 15.4. The van der Waals surface area contributed by atoms with Crippen molar-refractivity contribution in [2.45, 2.75) is 32.4 Å². The molecule has 0 aliphatic carbocycles. The van der Waals surface area contributed by atoms with Gasteiger partial charge in [0.1, 0.15) is 0 Å². The Morgan fingerprint density at radius 1 is 1.50 bits per heavy atom. The van der Waals surface area contributed by atoms with E-state index >= 15 is 0 Å². The second-order valence-corrected chi connectivity index (χ2v) is 5.82. The van der Waals surface area contributed by atoms with Gasteiger partial charge in [0, 0.05) is 38.8 Å². The lowest BCUT2D eigenvalue weighted by Crippen LogP contribution is -2.39. The quantitative estimate of drug-likeness (QED) is 0.915. The molecule has 0 aromatic heterocycles. The highest BCUT2D eigenvalue weighted by atomic mass is 16.2. The molecule has 1 amide bonds. The predicted molar refractivity (Wildman–Crippen MR) is 82.7 cm³/mol. The Kier molecular flexibility index (Phi) is 5.01. The van der Waals surface area contributed by atoms with Crippen molar-refractivity contribution < 1.29 is 4.79 Å². The van der Waals surface area contributed by atoms with Crippen molar-refractivity contribution in [1.82, 2.24) is 9.80 Å². The van der Waals surface area contributed by atoms with Gasteiger partial charge in [-0.15, -0.1) is 0 Å². The standard InChI is InChI=1S/C16H25N3O/c1-13(20)19(3)11-14-6-4-7-15(10-14)17-16-8-5-9-18(2)12-16/h4,6-7,10,16-17H,5,8-9,11-12H2,1-3H3. The number of nitrogens with one attached hydrogen (secondary N) is 1. The molecule has 4 nitrogen and oxygen atoms in total. The SMILES string of the molecule is CC(=O)N(C)Cc1cccc(NC2CCCN(C)C2)c1. The van der Waals surface area contributed by atoms with E-state index in [4.69, 9.17) is 0 Å². The number of amides is 1. The van der Waals surface area contributed by atoms with Gasteiger partial charge in [0.2, 0.25) is 5.91 Å². The average molecular weight is 275 g/mol. The number of hydrogen-bond donors (Lipinski definition) is 1. The van der Waals surface area contributed by atoms with Crippen molar-refractivity contribution in [3.8, 4) is 0 Å². The van der Waals surface area contributed by atoms with Gasteiger partial charge in [-0.2, -0.15) is 0 Å². The van der Waals surface area contributed by atoms with E-state index in [2.05, 4.69) is 41.5 Å². The van der Waals surface area contributed by atoms with E-state index in [0.717, 1.165) is 17.8 Å². The summed E-state index contributed by atoms with van der Waals surface area (Å²) in [6.07, 6.45) is 2.48. The number of nitrogens with zero attached hydrogens (tertiary/aromatic N) is 2. The highest BCUT2D eigenvalue weighted by Crippen LogP contribution is 2.17. The van der Waals surface area contributed by atoms with Gasteiger partial charge in [-0.3, -0.25) is 4.79 Å². The lowest BCUT2D eigenvalue weighted by molar-refractivity contribution is -0.128. The molecule has 4 heteroatoms. The number of carbonyl (C=O) groups is 1.